The lowest BCUT2D eigenvalue weighted by Gasteiger charge is -2.09. The molecule has 0 atom stereocenters. The number of aryl methyl sites for hydroxylation is 1. The lowest BCUT2D eigenvalue weighted by molar-refractivity contribution is 0.0948. The maximum absolute atomic E-state index is 12.4. The van der Waals surface area contributed by atoms with Crippen molar-refractivity contribution >= 4 is 16.7 Å². The Morgan fingerprint density at radius 1 is 1.05 bits per heavy atom. The minimum absolute atomic E-state index is 0.143. The number of fused-ring (bicyclic) bond motifs is 1. The maximum Gasteiger partial charge on any atom is 0.270 e. The molecule has 3 nitrogen and oxygen atoms in total. The Kier molecular flexibility index (Phi) is 3.65. The summed E-state index contributed by atoms with van der Waals surface area (Å²) in [6.45, 7) is 2.55. The van der Waals surface area contributed by atoms with Crippen LogP contribution in [0.25, 0.3) is 10.8 Å². The van der Waals surface area contributed by atoms with Crippen molar-refractivity contribution < 1.29 is 4.79 Å². The number of hydrogen-bond acceptors (Lipinski definition) is 2. The zero-order valence-electron chi connectivity index (χ0n) is 11.8. The molecule has 1 N–H and O–H groups in total. The van der Waals surface area contributed by atoms with Gasteiger partial charge in [-0.2, -0.15) is 0 Å². The summed E-state index contributed by atoms with van der Waals surface area (Å²) in [5, 5.41) is 4.85. The average molecular weight is 276 g/mol. The highest BCUT2D eigenvalue weighted by atomic mass is 16.1. The van der Waals surface area contributed by atoms with Crippen LogP contribution in [-0.2, 0) is 6.54 Å². The average Bonchev–Trinajstić information content (AvgIpc) is 2.53. The lowest BCUT2D eigenvalue weighted by atomic mass is 10.1. The van der Waals surface area contributed by atoms with E-state index in [0.29, 0.717) is 12.2 Å². The second kappa shape index (κ2) is 5.75. The quantitative estimate of drug-likeness (QED) is 0.796. The number of benzene rings is 2. The second-order valence-electron chi connectivity index (χ2n) is 4.99. The molecule has 21 heavy (non-hydrogen) atoms. The third-order valence-electron chi connectivity index (χ3n) is 3.59. The van der Waals surface area contributed by atoms with Gasteiger partial charge in [-0.3, -0.25) is 9.78 Å². The third kappa shape index (κ3) is 2.77. The lowest BCUT2D eigenvalue weighted by Crippen LogP contribution is -2.24. The summed E-state index contributed by atoms with van der Waals surface area (Å²) in [6, 6.07) is 17.7. The molecule has 0 spiro atoms. The maximum atomic E-state index is 12.4. The number of pyridine rings is 1. The largest absolute Gasteiger partial charge is 0.347 e. The van der Waals surface area contributed by atoms with Gasteiger partial charge in [0.25, 0.3) is 5.91 Å². The summed E-state index contributed by atoms with van der Waals surface area (Å²) >= 11 is 0. The molecule has 0 saturated carbocycles. The molecule has 1 amide bonds. The van der Waals surface area contributed by atoms with Gasteiger partial charge in [-0.05, 0) is 29.5 Å². The number of carbonyl (C=O) groups excluding carboxylic acids is 1. The molecule has 0 aliphatic heterocycles. The number of rotatable bonds is 3. The molecule has 3 rings (SSSR count). The number of amides is 1. The molecule has 0 unspecified atom stereocenters. The van der Waals surface area contributed by atoms with Crippen LogP contribution in [0.15, 0.2) is 60.8 Å². The van der Waals surface area contributed by atoms with Gasteiger partial charge >= 0.3 is 0 Å². The summed E-state index contributed by atoms with van der Waals surface area (Å²) < 4.78 is 0. The predicted octanol–water partition coefficient (Wildman–Crippen LogP) is 3.47. The Hall–Kier alpha value is -2.68. The van der Waals surface area contributed by atoms with Gasteiger partial charge in [0, 0.05) is 18.1 Å². The van der Waals surface area contributed by atoms with Crippen LogP contribution in [0.3, 0.4) is 0 Å². The molecule has 0 radical (unpaired) electrons. The Balaban J connectivity index is 1.83. The van der Waals surface area contributed by atoms with Gasteiger partial charge in [0.05, 0.1) is 0 Å². The topological polar surface area (TPSA) is 42.0 Å². The number of nitrogens with one attached hydrogen (secondary N) is 1. The standard InChI is InChI=1S/C18H16N2O/c1-13-6-2-3-8-15(13)12-20-18(21)17-16-9-5-4-7-14(16)10-11-19-17/h2-11H,12H2,1H3,(H,20,21). The van der Waals surface area contributed by atoms with Gasteiger partial charge in [0.15, 0.2) is 0 Å². The van der Waals surface area contributed by atoms with E-state index in [2.05, 4.69) is 10.3 Å². The minimum Gasteiger partial charge on any atom is -0.347 e. The summed E-state index contributed by atoms with van der Waals surface area (Å²) in [5.41, 5.74) is 2.76. The molecular formula is C18H16N2O. The SMILES string of the molecule is Cc1ccccc1CNC(=O)c1nccc2ccccc12. The van der Waals surface area contributed by atoms with Gasteiger partial charge in [-0.15, -0.1) is 0 Å². The fourth-order valence-electron chi connectivity index (χ4n) is 2.37. The van der Waals surface area contributed by atoms with Crippen molar-refractivity contribution in [2.75, 3.05) is 0 Å². The van der Waals surface area contributed by atoms with Crippen LogP contribution in [0.1, 0.15) is 21.6 Å². The highest BCUT2D eigenvalue weighted by molar-refractivity contribution is 6.05. The number of nitrogens with zero attached hydrogens (tertiary/aromatic N) is 1. The second-order valence-corrected chi connectivity index (χ2v) is 4.99. The zero-order chi connectivity index (χ0) is 14.7. The third-order valence-corrected chi connectivity index (χ3v) is 3.59. The first-order valence-electron chi connectivity index (χ1n) is 6.92. The van der Waals surface area contributed by atoms with Gasteiger partial charge in [-0.25, -0.2) is 0 Å². The smallest absolute Gasteiger partial charge is 0.270 e. The van der Waals surface area contributed by atoms with Crippen LogP contribution in [0, 0.1) is 6.92 Å². The summed E-state index contributed by atoms with van der Waals surface area (Å²) in [7, 11) is 0. The highest BCUT2D eigenvalue weighted by Crippen LogP contribution is 2.16. The van der Waals surface area contributed by atoms with E-state index < -0.39 is 0 Å². The fourth-order valence-corrected chi connectivity index (χ4v) is 2.37. The van der Waals surface area contributed by atoms with Gasteiger partial charge in [0.1, 0.15) is 5.69 Å². The Morgan fingerprint density at radius 3 is 2.67 bits per heavy atom. The summed E-state index contributed by atoms with van der Waals surface area (Å²) in [6.07, 6.45) is 1.67. The molecule has 0 saturated heterocycles. The van der Waals surface area contributed by atoms with Crippen LogP contribution in [0.4, 0.5) is 0 Å². The summed E-state index contributed by atoms with van der Waals surface area (Å²) in [4.78, 5) is 16.6. The molecule has 0 aliphatic rings. The Bertz CT molecular complexity index is 791. The minimum atomic E-state index is -0.143. The van der Waals surface area contributed by atoms with Gasteiger partial charge < -0.3 is 5.32 Å². The van der Waals surface area contributed by atoms with Crippen molar-refractivity contribution in [3.8, 4) is 0 Å². The highest BCUT2D eigenvalue weighted by Gasteiger charge is 2.11. The van der Waals surface area contributed by atoms with Crippen LogP contribution in [-0.4, -0.2) is 10.9 Å². The van der Waals surface area contributed by atoms with E-state index in [9.17, 15) is 4.79 Å². The molecule has 104 valence electrons. The Morgan fingerprint density at radius 2 is 1.81 bits per heavy atom. The normalized spacial score (nSPS) is 10.5. The van der Waals surface area contributed by atoms with E-state index in [1.807, 2.05) is 61.5 Å². The zero-order valence-corrected chi connectivity index (χ0v) is 11.8. The van der Waals surface area contributed by atoms with Crippen LogP contribution in [0.5, 0.6) is 0 Å². The van der Waals surface area contributed by atoms with Crippen molar-refractivity contribution in [1.29, 1.82) is 0 Å². The molecule has 0 bridgehead atoms. The number of carbonyl (C=O) groups is 1. The van der Waals surface area contributed by atoms with Crippen molar-refractivity contribution in [1.82, 2.24) is 10.3 Å². The number of aromatic nitrogens is 1. The summed E-state index contributed by atoms with van der Waals surface area (Å²) in [5.74, 6) is -0.143. The molecule has 3 aromatic rings. The van der Waals surface area contributed by atoms with E-state index in [0.717, 1.165) is 16.3 Å². The van der Waals surface area contributed by atoms with E-state index in [-0.39, 0.29) is 5.91 Å². The molecule has 0 aliphatic carbocycles. The Labute approximate surface area is 123 Å². The molecular weight excluding hydrogens is 260 g/mol. The van der Waals surface area contributed by atoms with E-state index >= 15 is 0 Å². The van der Waals surface area contributed by atoms with E-state index in [1.54, 1.807) is 6.20 Å². The first-order valence-corrected chi connectivity index (χ1v) is 6.92. The molecule has 3 heteroatoms. The van der Waals surface area contributed by atoms with E-state index in [1.165, 1.54) is 5.56 Å². The van der Waals surface area contributed by atoms with Crippen LogP contribution >= 0.6 is 0 Å². The molecule has 0 fully saturated rings. The van der Waals surface area contributed by atoms with Crippen LogP contribution < -0.4 is 5.32 Å². The van der Waals surface area contributed by atoms with E-state index in [4.69, 9.17) is 0 Å². The fraction of sp³-hybridized carbons (Fsp3) is 0.111. The van der Waals surface area contributed by atoms with Gasteiger partial charge in [-0.1, -0.05) is 48.5 Å². The first-order chi connectivity index (χ1) is 10.3. The van der Waals surface area contributed by atoms with Gasteiger partial charge in [0.2, 0.25) is 0 Å². The molecule has 1 aromatic heterocycles. The molecule has 2 aromatic carbocycles. The monoisotopic (exact) mass is 276 g/mol. The van der Waals surface area contributed by atoms with Crippen molar-refractivity contribution in [3.63, 3.8) is 0 Å². The van der Waals surface area contributed by atoms with Crippen molar-refractivity contribution in [3.05, 3.63) is 77.6 Å². The number of hydrogen-bond donors (Lipinski definition) is 1. The van der Waals surface area contributed by atoms with Crippen molar-refractivity contribution in [2.24, 2.45) is 0 Å². The molecule has 1 heterocycles. The predicted molar refractivity (Wildman–Crippen MR) is 84.1 cm³/mol. The first kappa shape index (κ1) is 13.3. The van der Waals surface area contributed by atoms with Crippen molar-refractivity contribution in [2.45, 2.75) is 13.5 Å². The van der Waals surface area contributed by atoms with Crippen LogP contribution in [0.2, 0.25) is 0 Å².